The molecule has 1 aromatic carbocycles. The average molecular weight is 235 g/mol. The van der Waals surface area contributed by atoms with Crippen molar-refractivity contribution in [1.82, 2.24) is 0 Å². The molecule has 1 heterocycles. The van der Waals surface area contributed by atoms with Gasteiger partial charge in [0.15, 0.2) is 0 Å². The zero-order valence-electron chi connectivity index (χ0n) is 10.8. The number of benzene rings is 1. The number of hydrogen-bond acceptors (Lipinski definition) is 3. The van der Waals surface area contributed by atoms with Gasteiger partial charge in [-0.3, -0.25) is 0 Å². The van der Waals surface area contributed by atoms with Crippen LogP contribution in [-0.2, 0) is 0 Å². The number of methoxy groups -OCH3 is 1. The van der Waals surface area contributed by atoms with Crippen LogP contribution in [0.4, 0.5) is 0 Å². The first-order valence-corrected chi connectivity index (χ1v) is 6.25. The lowest BCUT2D eigenvalue weighted by Crippen LogP contribution is -2.34. The second-order valence-corrected chi connectivity index (χ2v) is 4.79. The fraction of sp³-hybridized carbons (Fsp3) is 0.571. The number of fused-ring (bicyclic) bond motifs is 1. The van der Waals surface area contributed by atoms with Gasteiger partial charge >= 0.3 is 0 Å². The molecule has 0 aromatic heterocycles. The average Bonchev–Trinajstić information content (AvgIpc) is 2.36. The molecule has 0 bridgehead atoms. The van der Waals surface area contributed by atoms with E-state index in [0.29, 0.717) is 5.92 Å². The molecule has 0 saturated carbocycles. The summed E-state index contributed by atoms with van der Waals surface area (Å²) in [5.74, 6) is 2.23. The number of nitrogens with two attached hydrogens (primary N) is 1. The molecule has 0 saturated heterocycles. The Labute approximate surface area is 103 Å². The Morgan fingerprint density at radius 2 is 2.29 bits per heavy atom. The van der Waals surface area contributed by atoms with Crippen LogP contribution in [0.1, 0.15) is 38.3 Å². The lowest BCUT2D eigenvalue weighted by molar-refractivity contribution is 0.105. The molecule has 0 amide bonds. The smallest absolute Gasteiger partial charge is 0.128 e. The Balaban J connectivity index is 2.27. The molecule has 3 heteroatoms. The van der Waals surface area contributed by atoms with E-state index in [1.54, 1.807) is 7.11 Å². The summed E-state index contributed by atoms with van der Waals surface area (Å²) in [6.45, 7) is 4.39. The van der Waals surface area contributed by atoms with Gasteiger partial charge in [-0.15, -0.1) is 0 Å². The molecule has 2 unspecified atom stereocenters. The van der Waals surface area contributed by atoms with Crippen LogP contribution < -0.4 is 15.2 Å². The Bertz CT molecular complexity index is 392. The highest BCUT2D eigenvalue weighted by Crippen LogP contribution is 2.38. The fourth-order valence-electron chi connectivity index (χ4n) is 2.25. The summed E-state index contributed by atoms with van der Waals surface area (Å²) in [6.07, 6.45) is 2.22. The molecule has 1 aliphatic rings. The highest BCUT2D eigenvalue weighted by atomic mass is 16.5. The zero-order valence-corrected chi connectivity index (χ0v) is 10.8. The predicted octanol–water partition coefficient (Wildman–Crippen LogP) is 2.89. The number of rotatable bonds is 3. The maximum atomic E-state index is 6.20. The summed E-state index contributed by atoms with van der Waals surface area (Å²) in [4.78, 5) is 0. The molecule has 1 aliphatic heterocycles. The monoisotopic (exact) mass is 235 g/mol. The van der Waals surface area contributed by atoms with Gasteiger partial charge in [-0.05, 0) is 12.0 Å². The molecular weight excluding hydrogens is 214 g/mol. The van der Waals surface area contributed by atoms with Gasteiger partial charge in [0.05, 0.1) is 7.11 Å². The zero-order chi connectivity index (χ0) is 12.4. The van der Waals surface area contributed by atoms with E-state index < -0.39 is 0 Å². The summed E-state index contributed by atoms with van der Waals surface area (Å²) in [7, 11) is 1.66. The second-order valence-electron chi connectivity index (χ2n) is 4.79. The minimum absolute atomic E-state index is 0.0728. The molecule has 0 fully saturated rings. The lowest BCUT2D eigenvalue weighted by atomic mass is 9.90. The third kappa shape index (κ3) is 2.39. The minimum Gasteiger partial charge on any atom is -0.497 e. The van der Waals surface area contributed by atoms with Crippen LogP contribution in [0.25, 0.3) is 0 Å². The van der Waals surface area contributed by atoms with Gasteiger partial charge in [0.1, 0.15) is 17.6 Å². The number of hydrogen-bond donors (Lipinski definition) is 1. The van der Waals surface area contributed by atoms with Gasteiger partial charge in [0, 0.05) is 24.1 Å². The molecule has 0 spiro atoms. The quantitative estimate of drug-likeness (QED) is 0.876. The van der Waals surface area contributed by atoms with Crippen LogP contribution in [0.3, 0.4) is 0 Å². The standard InChI is InChI=1S/C14H21NO2/c1-4-9(2)13-8-12(15)11-6-5-10(16-3)7-14(11)17-13/h5-7,9,12-13H,4,8,15H2,1-3H3/t9?,12-,13?/m0/s1. The Hall–Kier alpha value is -1.22. The van der Waals surface area contributed by atoms with E-state index in [1.807, 2.05) is 18.2 Å². The maximum Gasteiger partial charge on any atom is 0.128 e. The van der Waals surface area contributed by atoms with Gasteiger partial charge in [-0.25, -0.2) is 0 Å². The summed E-state index contributed by atoms with van der Waals surface area (Å²) in [5, 5.41) is 0. The lowest BCUT2D eigenvalue weighted by Gasteiger charge is -2.33. The summed E-state index contributed by atoms with van der Waals surface area (Å²) >= 11 is 0. The van der Waals surface area contributed by atoms with Gasteiger partial charge in [-0.2, -0.15) is 0 Å². The normalized spacial score (nSPS) is 24.7. The molecule has 3 nitrogen and oxygen atoms in total. The summed E-state index contributed by atoms with van der Waals surface area (Å²) in [5.41, 5.74) is 7.29. The highest BCUT2D eigenvalue weighted by molar-refractivity contribution is 5.43. The van der Waals surface area contributed by atoms with E-state index >= 15 is 0 Å². The van der Waals surface area contributed by atoms with E-state index in [2.05, 4.69) is 13.8 Å². The molecule has 17 heavy (non-hydrogen) atoms. The van der Waals surface area contributed by atoms with Crippen LogP contribution >= 0.6 is 0 Å². The minimum atomic E-state index is 0.0728. The predicted molar refractivity (Wildman–Crippen MR) is 68.4 cm³/mol. The van der Waals surface area contributed by atoms with Crippen molar-refractivity contribution in [2.24, 2.45) is 11.7 Å². The molecule has 0 radical (unpaired) electrons. The molecule has 2 rings (SSSR count). The Morgan fingerprint density at radius 3 is 2.94 bits per heavy atom. The Morgan fingerprint density at radius 1 is 1.53 bits per heavy atom. The molecule has 94 valence electrons. The van der Waals surface area contributed by atoms with E-state index in [0.717, 1.165) is 29.9 Å². The maximum absolute atomic E-state index is 6.20. The van der Waals surface area contributed by atoms with E-state index in [1.165, 1.54) is 0 Å². The van der Waals surface area contributed by atoms with Crippen molar-refractivity contribution in [3.63, 3.8) is 0 Å². The first kappa shape index (κ1) is 12.2. The van der Waals surface area contributed by atoms with Crippen LogP contribution in [0.5, 0.6) is 11.5 Å². The van der Waals surface area contributed by atoms with Crippen molar-refractivity contribution >= 4 is 0 Å². The molecule has 2 N–H and O–H groups in total. The van der Waals surface area contributed by atoms with Crippen molar-refractivity contribution in [1.29, 1.82) is 0 Å². The topological polar surface area (TPSA) is 44.5 Å². The van der Waals surface area contributed by atoms with Gasteiger partial charge in [0.25, 0.3) is 0 Å². The van der Waals surface area contributed by atoms with Crippen LogP contribution in [0, 0.1) is 5.92 Å². The van der Waals surface area contributed by atoms with E-state index in [-0.39, 0.29) is 12.1 Å². The molecule has 0 aliphatic carbocycles. The van der Waals surface area contributed by atoms with Gasteiger partial charge in [0.2, 0.25) is 0 Å². The SMILES string of the molecule is CCC(C)C1C[C@H](N)c2ccc(OC)cc2O1. The first-order chi connectivity index (χ1) is 8.15. The van der Waals surface area contributed by atoms with E-state index in [9.17, 15) is 0 Å². The van der Waals surface area contributed by atoms with Crippen molar-refractivity contribution in [3.05, 3.63) is 23.8 Å². The number of ether oxygens (including phenoxy) is 2. The molecular formula is C14H21NO2. The first-order valence-electron chi connectivity index (χ1n) is 6.25. The van der Waals surface area contributed by atoms with Crippen LogP contribution in [0.15, 0.2) is 18.2 Å². The van der Waals surface area contributed by atoms with E-state index in [4.69, 9.17) is 15.2 Å². The Kier molecular flexibility index (Phi) is 3.57. The van der Waals surface area contributed by atoms with Gasteiger partial charge < -0.3 is 15.2 Å². The van der Waals surface area contributed by atoms with Crippen LogP contribution in [0.2, 0.25) is 0 Å². The fourth-order valence-corrected chi connectivity index (χ4v) is 2.25. The van der Waals surface area contributed by atoms with Crippen molar-refractivity contribution in [3.8, 4) is 11.5 Å². The summed E-state index contributed by atoms with van der Waals surface area (Å²) < 4.78 is 11.3. The third-order valence-corrected chi connectivity index (χ3v) is 3.66. The van der Waals surface area contributed by atoms with Crippen molar-refractivity contribution in [2.75, 3.05) is 7.11 Å². The molecule has 1 aromatic rings. The van der Waals surface area contributed by atoms with Crippen molar-refractivity contribution < 1.29 is 9.47 Å². The van der Waals surface area contributed by atoms with Crippen molar-refractivity contribution in [2.45, 2.75) is 38.8 Å². The summed E-state index contributed by atoms with van der Waals surface area (Å²) in [6, 6.07) is 5.95. The van der Waals surface area contributed by atoms with Gasteiger partial charge in [-0.1, -0.05) is 26.3 Å². The highest BCUT2D eigenvalue weighted by Gasteiger charge is 2.29. The third-order valence-electron chi connectivity index (χ3n) is 3.66. The van der Waals surface area contributed by atoms with Crippen LogP contribution in [-0.4, -0.2) is 13.2 Å². The molecule has 3 atom stereocenters. The largest absolute Gasteiger partial charge is 0.497 e. The second kappa shape index (κ2) is 4.96.